The molecule has 2 aromatic rings. The monoisotopic (exact) mass is 369 g/mol. The number of aryl methyl sites for hydroxylation is 2. The minimum Gasteiger partial charge on any atom is -0.450 e. The molecule has 110 valence electrons. The van der Waals surface area contributed by atoms with Crippen LogP contribution in [0, 0.1) is 24.0 Å². The molecule has 0 aliphatic rings. The molecule has 0 bridgehead atoms. The molecule has 0 spiro atoms. The smallest absolute Gasteiger partial charge is 0.312 e. The van der Waals surface area contributed by atoms with Gasteiger partial charge in [0.15, 0.2) is 0 Å². The summed E-state index contributed by atoms with van der Waals surface area (Å²) in [5, 5.41) is 11.2. The zero-order chi connectivity index (χ0) is 15.6. The van der Waals surface area contributed by atoms with Gasteiger partial charge in [0, 0.05) is 16.4 Å². The molecular weight excluding hydrogens is 358 g/mol. The minimum absolute atomic E-state index is 0.0370. The fourth-order valence-corrected chi connectivity index (χ4v) is 2.91. The van der Waals surface area contributed by atoms with Gasteiger partial charge in [-0.3, -0.25) is 10.1 Å². The van der Waals surface area contributed by atoms with Crippen LogP contribution in [-0.2, 0) is 5.88 Å². The molecule has 0 fully saturated rings. The van der Waals surface area contributed by atoms with Crippen molar-refractivity contribution in [1.29, 1.82) is 0 Å². The fraction of sp³-hybridized carbons (Fsp3) is 0.200. The minimum atomic E-state index is -0.433. The van der Waals surface area contributed by atoms with Gasteiger partial charge < -0.3 is 4.74 Å². The highest BCUT2D eigenvalue weighted by Crippen LogP contribution is 2.36. The molecule has 2 aromatic carbocycles. The molecule has 0 aromatic heterocycles. The molecular formula is C15H13BrClNO3. The third kappa shape index (κ3) is 3.54. The van der Waals surface area contributed by atoms with Gasteiger partial charge in [0.2, 0.25) is 5.75 Å². The Hall–Kier alpha value is -1.59. The molecule has 0 heterocycles. The maximum absolute atomic E-state index is 11.2. The molecule has 0 atom stereocenters. The third-order valence-corrected chi connectivity index (χ3v) is 4.01. The molecule has 2 rings (SSSR count). The summed E-state index contributed by atoms with van der Waals surface area (Å²) in [6, 6.07) is 8.67. The molecule has 0 unspecified atom stereocenters. The van der Waals surface area contributed by atoms with Gasteiger partial charge in [-0.1, -0.05) is 28.1 Å². The summed E-state index contributed by atoms with van der Waals surface area (Å²) < 4.78 is 6.53. The highest BCUT2D eigenvalue weighted by atomic mass is 79.9. The van der Waals surface area contributed by atoms with Crippen LogP contribution in [0.4, 0.5) is 5.69 Å². The molecule has 6 heteroatoms. The Morgan fingerprint density at radius 2 is 2.00 bits per heavy atom. The number of hydrogen-bond donors (Lipinski definition) is 0. The van der Waals surface area contributed by atoms with E-state index in [2.05, 4.69) is 15.9 Å². The van der Waals surface area contributed by atoms with E-state index in [0.29, 0.717) is 11.6 Å². The quantitative estimate of drug-likeness (QED) is 0.405. The molecule has 0 aliphatic heterocycles. The van der Waals surface area contributed by atoms with Crippen LogP contribution in [0.1, 0.15) is 16.7 Å². The van der Waals surface area contributed by atoms with Crippen molar-refractivity contribution in [2.75, 3.05) is 0 Å². The number of nitrogens with zero attached hydrogens (tertiary/aromatic N) is 1. The van der Waals surface area contributed by atoms with Gasteiger partial charge in [0.1, 0.15) is 5.75 Å². The van der Waals surface area contributed by atoms with E-state index in [0.717, 1.165) is 21.2 Å². The maximum Gasteiger partial charge on any atom is 0.312 e. The van der Waals surface area contributed by atoms with Crippen molar-refractivity contribution in [3.8, 4) is 11.5 Å². The topological polar surface area (TPSA) is 52.4 Å². The number of ether oxygens (including phenoxy) is 1. The Labute approximate surface area is 136 Å². The molecule has 4 nitrogen and oxygen atoms in total. The van der Waals surface area contributed by atoms with E-state index in [1.807, 2.05) is 19.1 Å². The lowest BCUT2D eigenvalue weighted by molar-refractivity contribution is -0.385. The van der Waals surface area contributed by atoms with Gasteiger partial charge in [-0.15, -0.1) is 11.6 Å². The van der Waals surface area contributed by atoms with E-state index >= 15 is 0 Å². The van der Waals surface area contributed by atoms with Crippen molar-refractivity contribution < 1.29 is 9.66 Å². The Balaban J connectivity index is 2.44. The van der Waals surface area contributed by atoms with Crippen molar-refractivity contribution in [1.82, 2.24) is 0 Å². The van der Waals surface area contributed by atoms with E-state index in [1.165, 1.54) is 6.07 Å². The van der Waals surface area contributed by atoms with E-state index in [1.54, 1.807) is 19.1 Å². The van der Waals surface area contributed by atoms with Crippen LogP contribution >= 0.6 is 27.5 Å². The van der Waals surface area contributed by atoms with Crippen LogP contribution in [0.3, 0.4) is 0 Å². The summed E-state index contributed by atoms with van der Waals surface area (Å²) in [6.45, 7) is 3.60. The fourth-order valence-electron chi connectivity index (χ4n) is 2.02. The van der Waals surface area contributed by atoms with Crippen molar-refractivity contribution in [3.05, 3.63) is 61.6 Å². The second kappa shape index (κ2) is 6.45. The number of hydrogen-bond acceptors (Lipinski definition) is 3. The largest absolute Gasteiger partial charge is 0.450 e. The number of rotatable bonds is 4. The summed E-state index contributed by atoms with van der Waals surface area (Å²) in [4.78, 5) is 10.7. The number of nitro benzene ring substituents is 1. The second-order valence-electron chi connectivity index (χ2n) is 4.68. The van der Waals surface area contributed by atoms with E-state index in [-0.39, 0.29) is 11.4 Å². The van der Waals surface area contributed by atoms with Gasteiger partial charge in [0.05, 0.1) is 4.92 Å². The molecule has 0 saturated carbocycles. The average Bonchev–Trinajstić information content (AvgIpc) is 2.41. The number of halogens is 2. The highest BCUT2D eigenvalue weighted by molar-refractivity contribution is 9.10. The van der Waals surface area contributed by atoms with Crippen molar-refractivity contribution in [2.45, 2.75) is 19.7 Å². The summed E-state index contributed by atoms with van der Waals surface area (Å²) in [5.74, 6) is 1.16. The van der Waals surface area contributed by atoms with E-state index < -0.39 is 4.92 Å². The van der Waals surface area contributed by atoms with E-state index in [4.69, 9.17) is 16.3 Å². The SMILES string of the molecule is Cc1cc(C)c(Oc2ccc(CCl)c(Br)c2)c([N+](=O)[O-])c1. The predicted molar refractivity (Wildman–Crippen MR) is 86.3 cm³/mol. The van der Waals surface area contributed by atoms with Crippen LogP contribution in [0.25, 0.3) is 0 Å². The number of benzene rings is 2. The number of nitro groups is 1. The van der Waals surface area contributed by atoms with Crippen LogP contribution in [0.5, 0.6) is 11.5 Å². The Morgan fingerprint density at radius 3 is 2.57 bits per heavy atom. The molecule has 0 N–H and O–H groups in total. The van der Waals surface area contributed by atoms with E-state index in [9.17, 15) is 10.1 Å². The molecule has 0 saturated heterocycles. The van der Waals surface area contributed by atoms with Crippen molar-refractivity contribution in [2.24, 2.45) is 0 Å². The lowest BCUT2D eigenvalue weighted by Crippen LogP contribution is -1.97. The second-order valence-corrected chi connectivity index (χ2v) is 5.80. The lowest BCUT2D eigenvalue weighted by atomic mass is 10.1. The first kappa shape index (κ1) is 15.8. The van der Waals surface area contributed by atoms with Crippen LogP contribution in [0.2, 0.25) is 0 Å². The van der Waals surface area contributed by atoms with Gasteiger partial charge in [-0.25, -0.2) is 0 Å². The number of alkyl halides is 1. The molecule has 0 amide bonds. The first-order chi connectivity index (χ1) is 9.92. The van der Waals surface area contributed by atoms with Crippen LogP contribution in [0.15, 0.2) is 34.8 Å². The molecule has 0 aliphatic carbocycles. The van der Waals surface area contributed by atoms with Crippen molar-refractivity contribution in [3.63, 3.8) is 0 Å². The Morgan fingerprint density at radius 1 is 1.29 bits per heavy atom. The standard InChI is InChI=1S/C15H13BrClNO3/c1-9-5-10(2)15(14(6-9)18(19)20)21-12-4-3-11(8-17)13(16)7-12/h3-7H,8H2,1-2H3. The van der Waals surface area contributed by atoms with Gasteiger partial charge in [-0.05, 0) is 42.7 Å². The predicted octanol–water partition coefficient (Wildman–Crippen LogP) is 5.51. The lowest BCUT2D eigenvalue weighted by Gasteiger charge is -2.11. The molecule has 0 radical (unpaired) electrons. The van der Waals surface area contributed by atoms with Crippen molar-refractivity contribution >= 4 is 33.2 Å². The zero-order valence-electron chi connectivity index (χ0n) is 11.5. The summed E-state index contributed by atoms with van der Waals surface area (Å²) in [6.07, 6.45) is 0. The van der Waals surface area contributed by atoms with Crippen LogP contribution < -0.4 is 4.74 Å². The summed E-state index contributed by atoms with van der Waals surface area (Å²) in [7, 11) is 0. The highest BCUT2D eigenvalue weighted by Gasteiger charge is 2.19. The van der Waals surface area contributed by atoms with Crippen LogP contribution in [-0.4, -0.2) is 4.92 Å². The summed E-state index contributed by atoms with van der Waals surface area (Å²) in [5.41, 5.74) is 2.44. The normalized spacial score (nSPS) is 10.5. The third-order valence-electron chi connectivity index (χ3n) is 2.98. The van der Waals surface area contributed by atoms with Gasteiger partial charge in [0.25, 0.3) is 0 Å². The first-order valence-electron chi connectivity index (χ1n) is 6.20. The Bertz CT molecular complexity index is 704. The average molecular weight is 371 g/mol. The Kier molecular flexibility index (Phi) is 4.85. The van der Waals surface area contributed by atoms with Gasteiger partial charge >= 0.3 is 5.69 Å². The summed E-state index contributed by atoms with van der Waals surface area (Å²) >= 11 is 9.19. The molecule has 21 heavy (non-hydrogen) atoms. The first-order valence-corrected chi connectivity index (χ1v) is 7.53. The zero-order valence-corrected chi connectivity index (χ0v) is 13.9. The van der Waals surface area contributed by atoms with Gasteiger partial charge in [-0.2, -0.15) is 0 Å². The maximum atomic E-state index is 11.2.